The zero-order valence-electron chi connectivity index (χ0n) is 10.3. The molecule has 4 heteroatoms. The summed E-state index contributed by atoms with van der Waals surface area (Å²) in [5, 5.41) is 0. The molecule has 0 amide bonds. The lowest BCUT2D eigenvalue weighted by Crippen LogP contribution is -2.11. The summed E-state index contributed by atoms with van der Waals surface area (Å²) in [5.41, 5.74) is 2.20. The first-order valence-corrected chi connectivity index (χ1v) is 7.03. The van der Waals surface area contributed by atoms with Crippen molar-refractivity contribution in [3.63, 3.8) is 0 Å². The van der Waals surface area contributed by atoms with E-state index in [1.54, 1.807) is 0 Å². The van der Waals surface area contributed by atoms with Crippen molar-refractivity contribution in [2.75, 3.05) is 6.61 Å². The fourth-order valence-electron chi connectivity index (χ4n) is 2.62. The minimum Gasteiger partial charge on any atom is -0.378 e. The van der Waals surface area contributed by atoms with Crippen molar-refractivity contribution in [3.05, 3.63) is 30.1 Å². The van der Waals surface area contributed by atoms with Gasteiger partial charge in [-0.15, -0.1) is 11.6 Å². The molecule has 1 unspecified atom stereocenters. The van der Waals surface area contributed by atoms with Crippen LogP contribution in [0.25, 0.3) is 11.0 Å². The number of ether oxygens (including phenoxy) is 1. The van der Waals surface area contributed by atoms with Gasteiger partial charge in [-0.1, -0.05) is 12.1 Å². The predicted octanol–water partition coefficient (Wildman–Crippen LogP) is 3.34. The number of alkyl halides is 1. The smallest absolute Gasteiger partial charge is 0.124 e. The highest BCUT2D eigenvalue weighted by molar-refractivity contribution is 6.16. The van der Waals surface area contributed by atoms with Crippen LogP contribution in [-0.4, -0.2) is 22.3 Å². The molecule has 1 aliphatic heterocycles. The highest BCUT2D eigenvalue weighted by atomic mass is 35.5. The third kappa shape index (κ3) is 2.25. The Morgan fingerprint density at radius 1 is 1.39 bits per heavy atom. The van der Waals surface area contributed by atoms with E-state index in [1.165, 1.54) is 18.4 Å². The molecule has 3 nitrogen and oxygen atoms in total. The summed E-state index contributed by atoms with van der Waals surface area (Å²) in [4.78, 5) is 4.57. The van der Waals surface area contributed by atoms with Gasteiger partial charge >= 0.3 is 0 Å². The van der Waals surface area contributed by atoms with E-state index in [2.05, 4.69) is 15.6 Å². The molecular formula is C14H17ClN2O. The molecule has 0 saturated carbocycles. The maximum atomic E-state index is 5.98. The standard InChI is InChI=1S/C14H17ClN2O/c15-10-14-16-12-5-1-2-6-13(12)17(14)8-7-11-4-3-9-18-11/h1-2,5-6,11H,3-4,7-10H2. The van der Waals surface area contributed by atoms with Crippen molar-refractivity contribution in [3.8, 4) is 0 Å². The summed E-state index contributed by atoms with van der Waals surface area (Å²) in [6.45, 7) is 1.85. The van der Waals surface area contributed by atoms with Crippen LogP contribution in [0.3, 0.4) is 0 Å². The highest BCUT2D eigenvalue weighted by Gasteiger charge is 2.17. The Morgan fingerprint density at radius 3 is 3.06 bits per heavy atom. The molecule has 0 bridgehead atoms. The van der Waals surface area contributed by atoms with E-state index >= 15 is 0 Å². The van der Waals surface area contributed by atoms with Gasteiger partial charge in [0.15, 0.2) is 0 Å². The number of fused-ring (bicyclic) bond motifs is 1. The van der Waals surface area contributed by atoms with Crippen LogP contribution >= 0.6 is 11.6 Å². The van der Waals surface area contributed by atoms with Gasteiger partial charge in [-0.3, -0.25) is 0 Å². The lowest BCUT2D eigenvalue weighted by atomic mass is 10.2. The minimum absolute atomic E-state index is 0.411. The molecule has 0 aliphatic carbocycles. The van der Waals surface area contributed by atoms with Gasteiger partial charge in [0, 0.05) is 13.2 Å². The summed E-state index contributed by atoms with van der Waals surface area (Å²) in [6.07, 6.45) is 3.83. The highest BCUT2D eigenvalue weighted by Crippen LogP contribution is 2.21. The van der Waals surface area contributed by atoms with E-state index in [9.17, 15) is 0 Å². The second-order valence-corrected chi connectivity index (χ2v) is 4.99. The second-order valence-electron chi connectivity index (χ2n) is 4.73. The van der Waals surface area contributed by atoms with Gasteiger partial charge in [-0.05, 0) is 31.4 Å². The molecule has 1 aromatic carbocycles. The van der Waals surface area contributed by atoms with Crippen molar-refractivity contribution in [1.29, 1.82) is 0 Å². The molecule has 1 saturated heterocycles. The quantitative estimate of drug-likeness (QED) is 0.792. The number of aromatic nitrogens is 2. The van der Waals surface area contributed by atoms with Crippen molar-refractivity contribution >= 4 is 22.6 Å². The van der Waals surface area contributed by atoms with Crippen LogP contribution in [0.4, 0.5) is 0 Å². The fraction of sp³-hybridized carbons (Fsp3) is 0.500. The lowest BCUT2D eigenvalue weighted by molar-refractivity contribution is 0.100. The van der Waals surface area contributed by atoms with E-state index in [0.717, 1.165) is 30.9 Å². The Hall–Kier alpha value is -1.06. The fourth-order valence-corrected chi connectivity index (χ4v) is 2.83. The Labute approximate surface area is 112 Å². The van der Waals surface area contributed by atoms with Gasteiger partial charge in [-0.2, -0.15) is 0 Å². The predicted molar refractivity (Wildman–Crippen MR) is 72.9 cm³/mol. The first kappa shape index (κ1) is 12.0. The zero-order valence-corrected chi connectivity index (χ0v) is 11.1. The number of nitrogens with zero attached hydrogens (tertiary/aromatic N) is 2. The molecule has 2 heterocycles. The van der Waals surface area contributed by atoms with Gasteiger partial charge in [0.1, 0.15) is 5.82 Å². The number of imidazole rings is 1. The summed E-state index contributed by atoms with van der Waals surface area (Å²) < 4.78 is 7.90. The maximum absolute atomic E-state index is 5.98. The molecule has 0 spiro atoms. The molecule has 1 fully saturated rings. The Bertz CT molecular complexity index is 532. The number of hydrogen-bond donors (Lipinski definition) is 0. The van der Waals surface area contributed by atoms with Crippen molar-refractivity contribution < 1.29 is 4.74 Å². The first-order chi connectivity index (χ1) is 8.88. The van der Waals surface area contributed by atoms with Crippen LogP contribution in [-0.2, 0) is 17.2 Å². The van der Waals surface area contributed by atoms with E-state index in [1.807, 2.05) is 18.2 Å². The zero-order chi connectivity index (χ0) is 12.4. The Balaban J connectivity index is 1.84. The second kappa shape index (κ2) is 5.29. The van der Waals surface area contributed by atoms with Gasteiger partial charge in [0.25, 0.3) is 0 Å². The van der Waals surface area contributed by atoms with Crippen LogP contribution in [0.5, 0.6) is 0 Å². The van der Waals surface area contributed by atoms with Crippen molar-refractivity contribution in [2.45, 2.75) is 37.8 Å². The molecule has 0 radical (unpaired) electrons. The number of aryl methyl sites for hydroxylation is 1. The SMILES string of the molecule is ClCc1nc2ccccc2n1CCC1CCCO1. The number of benzene rings is 1. The maximum Gasteiger partial charge on any atom is 0.124 e. The summed E-state index contributed by atoms with van der Waals surface area (Å²) in [6, 6.07) is 8.20. The summed E-state index contributed by atoms with van der Waals surface area (Å²) >= 11 is 5.98. The van der Waals surface area contributed by atoms with Crippen molar-refractivity contribution in [2.24, 2.45) is 0 Å². The monoisotopic (exact) mass is 264 g/mol. The molecular weight excluding hydrogens is 248 g/mol. The van der Waals surface area contributed by atoms with Gasteiger partial charge in [0.2, 0.25) is 0 Å². The number of halogens is 1. The third-order valence-corrected chi connectivity index (χ3v) is 3.79. The minimum atomic E-state index is 0.411. The first-order valence-electron chi connectivity index (χ1n) is 6.50. The van der Waals surface area contributed by atoms with Gasteiger partial charge in [0.05, 0.1) is 23.0 Å². The lowest BCUT2D eigenvalue weighted by Gasteiger charge is -2.12. The van der Waals surface area contributed by atoms with Gasteiger partial charge < -0.3 is 9.30 Å². The van der Waals surface area contributed by atoms with Crippen LogP contribution in [0.1, 0.15) is 25.1 Å². The molecule has 2 aromatic rings. The number of rotatable bonds is 4. The average molecular weight is 265 g/mol. The molecule has 3 rings (SSSR count). The topological polar surface area (TPSA) is 27.1 Å². The van der Waals surface area contributed by atoms with E-state index in [4.69, 9.17) is 16.3 Å². The molecule has 96 valence electrons. The normalized spacial score (nSPS) is 19.7. The Morgan fingerprint density at radius 2 is 2.28 bits per heavy atom. The largest absolute Gasteiger partial charge is 0.378 e. The van der Waals surface area contributed by atoms with Crippen LogP contribution in [0.2, 0.25) is 0 Å². The average Bonchev–Trinajstić information content (AvgIpc) is 3.03. The van der Waals surface area contributed by atoms with Crippen LogP contribution < -0.4 is 0 Å². The summed E-state index contributed by atoms with van der Waals surface area (Å²) in [7, 11) is 0. The van der Waals surface area contributed by atoms with E-state index < -0.39 is 0 Å². The van der Waals surface area contributed by atoms with Crippen LogP contribution in [0.15, 0.2) is 24.3 Å². The molecule has 1 atom stereocenters. The van der Waals surface area contributed by atoms with Crippen LogP contribution in [0, 0.1) is 0 Å². The molecule has 1 aromatic heterocycles. The van der Waals surface area contributed by atoms with Crippen molar-refractivity contribution in [1.82, 2.24) is 9.55 Å². The van der Waals surface area contributed by atoms with E-state index in [-0.39, 0.29) is 0 Å². The molecule has 1 aliphatic rings. The Kier molecular flexibility index (Phi) is 3.52. The number of hydrogen-bond acceptors (Lipinski definition) is 2. The van der Waals surface area contributed by atoms with Gasteiger partial charge in [-0.25, -0.2) is 4.98 Å². The third-order valence-electron chi connectivity index (χ3n) is 3.55. The molecule has 18 heavy (non-hydrogen) atoms. The summed E-state index contributed by atoms with van der Waals surface area (Å²) in [5.74, 6) is 1.41. The molecule has 0 N–H and O–H groups in total. The van der Waals surface area contributed by atoms with E-state index in [0.29, 0.717) is 12.0 Å². The number of para-hydroxylation sites is 2.